The van der Waals surface area contributed by atoms with Gasteiger partial charge in [0.25, 0.3) is 0 Å². The third-order valence-corrected chi connectivity index (χ3v) is 4.83. The molecule has 3 rings (SSSR count). The number of aliphatic hydroxyl groups excluding tert-OH is 1. The molecule has 0 saturated heterocycles. The molecule has 1 aromatic heterocycles. The first-order valence-electron chi connectivity index (χ1n) is 9.54. The topological polar surface area (TPSA) is 98.9 Å². The summed E-state index contributed by atoms with van der Waals surface area (Å²) in [5, 5.41) is 22.3. The molecule has 2 unspecified atom stereocenters. The maximum Gasteiger partial charge on any atom is 0.227 e. The maximum absolute atomic E-state index is 11.1. The van der Waals surface area contributed by atoms with E-state index in [-0.39, 0.29) is 0 Å². The molecule has 0 fully saturated rings. The van der Waals surface area contributed by atoms with Gasteiger partial charge in [0.2, 0.25) is 5.91 Å². The van der Waals surface area contributed by atoms with Crippen molar-refractivity contribution < 1.29 is 23.9 Å². The lowest BCUT2D eigenvalue weighted by atomic mass is 9.86. The highest BCUT2D eigenvalue weighted by Crippen LogP contribution is 2.42. The summed E-state index contributed by atoms with van der Waals surface area (Å²) in [7, 11) is 0. The molecule has 0 spiro atoms. The maximum atomic E-state index is 11.1. The zero-order valence-electron chi connectivity index (χ0n) is 16.6. The van der Waals surface area contributed by atoms with Gasteiger partial charge in [-0.05, 0) is 50.5 Å². The van der Waals surface area contributed by atoms with Crippen molar-refractivity contribution in [3.05, 3.63) is 17.7 Å². The molecule has 0 amide bonds. The highest BCUT2D eigenvalue weighted by molar-refractivity contribution is 5.77. The second kappa shape index (κ2) is 7.71. The Morgan fingerprint density at radius 2 is 1.78 bits per heavy atom. The average molecular weight is 379 g/mol. The van der Waals surface area contributed by atoms with Crippen LogP contribution in [0.25, 0.3) is 11.0 Å². The van der Waals surface area contributed by atoms with E-state index < -0.39 is 23.7 Å². The Balaban J connectivity index is 2.06. The summed E-state index contributed by atoms with van der Waals surface area (Å²) in [5.74, 6) is -0.365. The number of aliphatic hydroxyl groups is 1. The number of fused-ring (bicyclic) bond motifs is 2. The van der Waals surface area contributed by atoms with Crippen molar-refractivity contribution in [3.8, 4) is 5.75 Å². The summed E-state index contributed by atoms with van der Waals surface area (Å²) in [5.41, 5.74) is 1.16. The molecule has 0 saturated carbocycles. The normalized spacial score (nSPS) is 21.9. The van der Waals surface area contributed by atoms with Gasteiger partial charge in [-0.1, -0.05) is 6.92 Å². The quantitative estimate of drug-likeness (QED) is 0.676. The predicted molar refractivity (Wildman–Crippen MR) is 99.3 cm³/mol. The molecule has 1 aliphatic heterocycles. The predicted octanol–water partition coefficient (Wildman–Crippen LogP) is 2.91. The van der Waals surface area contributed by atoms with Crippen molar-refractivity contribution >= 4 is 11.0 Å². The summed E-state index contributed by atoms with van der Waals surface area (Å²) in [6.45, 7) is 10.6. The van der Waals surface area contributed by atoms with Crippen LogP contribution < -0.4 is 10.1 Å². The first kappa shape index (κ1) is 20.0. The minimum atomic E-state index is -0.994. The standard InChI is InChI=1S/C19H29N3O5/c1-6-9-19(24-7-2,25-8-3)20-16-12-10-13-14(22-27-21-13)11-15(12)26-18(4,5)17(16)23/h10-11,16-17,20,23H,6-9H2,1-5H3. The molecule has 8 heteroatoms. The molecule has 2 heterocycles. The minimum Gasteiger partial charge on any atom is -0.485 e. The molecule has 0 aliphatic carbocycles. The molecule has 27 heavy (non-hydrogen) atoms. The fraction of sp³-hybridized carbons (Fsp3) is 0.684. The number of nitrogens with zero attached hydrogens (tertiary/aromatic N) is 2. The van der Waals surface area contributed by atoms with Crippen LogP contribution in [0.3, 0.4) is 0 Å². The van der Waals surface area contributed by atoms with Crippen LogP contribution in [-0.2, 0) is 9.47 Å². The Bertz CT molecular complexity index is 759. The Kier molecular flexibility index (Phi) is 5.71. The number of hydrogen-bond acceptors (Lipinski definition) is 8. The van der Waals surface area contributed by atoms with E-state index >= 15 is 0 Å². The fourth-order valence-electron chi connectivity index (χ4n) is 3.61. The molecule has 1 aliphatic rings. The molecule has 0 bridgehead atoms. The van der Waals surface area contributed by atoms with E-state index in [2.05, 4.69) is 22.6 Å². The van der Waals surface area contributed by atoms with Crippen molar-refractivity contribution in [2.24, 2.45) is 0 Å². The van der Waals surface area contributed by atoms with E-state index in [4.69, 9.17) is 18.8 Å². The molecule has 2 N–H and O–H groups in total. The van der Waals surface area contributed by atoms with Crippen LogP contribution in [0.4, 0.5) is 0 Å². The fourth-order valence-corrected chi connectivity index (χ4v) is 3.61. The lowest BCUT2D eigenvalue weighted by molar-refractivity contribution is -0.268. The van der Waals surface area contributed by atoms with Gasteiger partial charge >= 0.3 is 0 Å². The van der Waals surface area contributed by atoms with Gasteiger partial charge in [0.1, 0.15) is 28.5 Å². The number of benzene rings is 1. The monoisotopic (exact) mass is 379 g/mol. The van der Waals surface area contributed by atoms with Gasteiger partial charge in [0.15, 0.2) is 0 Å². The SMILES string of the molecule is CCCC(NC1c2cc3nonc3cc2OC(C)(C)C1O)(OCC)OCC. The Hall–Kier alpha value is -1.74. The Morgan fingerprint density at radius 1 is 1.15 bits per heavy atom. The van der Waals surface area contributed by atoms with E-state index in [1.54, 1.807) is 6.07 Å². The van der Waals surface area contributed by atoms with Crippen molar-refractivity contribution in [3.63, 3.8) is 0 Å². The van der Waals surface area contributed by atoms with E-state index in [0.29, 0.717) is 36.4 Å². The number of nitrogens with one attached hydrogen (secondary N) is 1. The van der Waals surface area contributed by atoms with Crippen molar-refractivity contribution in [1.82, 2.24) is 15.6 Å². The van der Waals surface area contributed by atoms with Crippen LogP contribution in [0, 0.1) is 0 Å². The van der Waals surface area contributed by atoms with E-state index in [1.165, 1.54) is 0 Å². The van der Waals surface area contributed by atoms with Crippen LogP contribution in [0.2, 0.25) is 0 Å². The molecular weight excluding hydrogens is 350 g/mol. The highest BCUT2D eigenvalue weighted by atomic mass is 16.7. The zero-order chi connectivity index (χ0) is 19.7. The number of hydrogen-bond donors (Lipinski definition) is 2. The smallest absolute Gasteiger partial charge is 0.227 e. The van der Waals surface area contributed by atoms with Crippen LogP contribution in [0.5, 0.6) is 5.75 Å². The van der Waals surface area contributed by atoms with Crippen molar-refractivity contribution in [2.45, 2.75) is 71.1 Å². The molecular formula is C19H29N3O5. The highest BCUT2D eigenvalue weighted by Gasteiger charge is 2.47. The van der Waals surface area contributed by atoms with Crippen molar-refractivity contribution in [1.29, 1.82) is 0 Å². The first-order chi connectivity index (χ1) is 12.9. The van der Waals surface area contributed by atoms with Crippen LogP contribution in [0.1, 0.15) is 59.1 Å². The summed E-state index contributed by atoms with van der Waals surface area (Å²) < 4.78 is 22.9. The molecule has 150 valence electrons. The van der Waals surface area contributed by atoms with E-state index in [1.807, 2.05) is 33.8 Å². The van der Waals surface area contributed by atoms with Crippen LogP contribution in [-0.4, -0.2) is 46.2 Å². The number of rotatable bonds is 8. The van der Waals surface area contributed by atoms with Gasteiger partial charge in [0, 0.05) is 31.3 Å². The molecule has 1 aromatic carbocycles. The number of ether oxygens (including phenoxy) is 3. The van der Waals surface area contributed by atoms with Gasteiger partial charge in [-0.25, -0.2) is 4.63 Å². The zero-order valence-corrected chi connectivity index (χ0v) is 16.6. The molecule has 2 aromatic rings. The second-order valence-electron chi connectivity index (χ2n) is 7.28. The third kappa shape index (κ3) is 3.80. The van der Waals surface area contributed by atoms with Crippen molar-refractivity contribution in [2.75, 3.05) is 13.2 Å². The van der Waals surface area contributed by atoms with Gasteiger partial charge in [-0.3, -0.25) is 5.32 Å². The van der Waals surface area contributed by atoms with Gasteiger partial charge in [-0.2, -0.15) is 0 Å². The third-order valence-electron chi connectivity index (χ3n) is 4.83. The summed E-state index contributed by atoms with van der Waals surface area (Å²) in [6, 6.07) is 3.13. The summed E-state index contributed by atoms with van der Waals surface area (Å²) in [6.07, 6.45) is 0.663. The van der Waals surface area contributed by atoms with Crippen LogP contribution in [0.15, 0.2) is 16.8 Å². The van der Waals surface area contributed by atoms with Crippen LogP contribution >= 0.6 is 0 Å². The average Bonchev–Trinajstić information content (AvgIpc) is 3.05. The summed E-state index contributed by atoms with van der Waals surface area (Å²) in [4.78, 5) is 0. The second-order valence-corrected chi connectivity index (χ2v) is 7.28. The van der Waals surface area contributed by atoms with Gasteiger partial charge < -0.3 is 19.3 Å². The molecule has 0 radical (unpaired) electrons. The van der Waals surface area contributed by atoms with Gasteiger partial charge in [-0.15, -0.1) is 0 Å². The molecule has 8 nitrogen and oxygen atoms in total. The lowest BCUT2D eigenvalue weighted by Gasteiger charge is -2.46. The summed E-state index contributed by atoms with van der Waals surface area (Å²) >= 11 is 0. The van der Waals surface area contributed by atoms with E-state index in [9.17, 15) is 5.11 Å². The Labute approximate surface area is 159 Å². The largest absolute Gasteiger partial charge is 0.485 e. The van der Waals surface area contributed by atoms with Gasteiger partial charge in [0.05, 0.1) is 6.04 Å². The Morgan fingerprint density at radius 3 is 2.37 bits per heavy atom. The first-order valence-corrected chi connectivity index (χ1v) is 9.54. The van der Waals surface area contributed by atoms with E-state index in [0.717, 1.165) is 12.0 Å². The minimum absolute atomic E-state index is 0.477. The number of aromatic nitrogens is 2. The molecule has 2 atom stereocenters. The lowest BCUT2D eigenvalue weighted by Crippen LogP contribution is -2.59.